The molecule has 6 heteroatoms. The Hall–Kier alpha value is -0.740. The molecular weight excluding hydrogens is 322 g/mol. The predicted octanol–water partition coefficient (Wildman–Crippen LogP) is 5.84. The minimum Gasteiger partial charge on any atom is -0.363 e. The van der Waals surface area contributed by atoms with Gasteiger partial charge >= 0.3 is 7.68 Å². The molecule has 1 rings (SSSR count). The number of aryl methyl sites for hydroxylation is 1. The number of allylic oxidation sites excluding steroid dienone is 3. The molecule has 1 N–H and O–H groups in total. The van der Waals surface area contributed by atoms with Crippen LogP contribution >= 0.6 is 19.0 Å². The van der Waals surface area contributed by atoms with Crippen molar-refractivity contribution in [2.75, 3.05) is 6.35 Å². The normalized spacial score (nSPS) is 14.7. The Labute approximate surface area is 136 Å². The lowest BCUT2D eigenvalue weighted by atomic mass is 10.1. The Bertz CT molecular complexity index is 595. The van der Waals surface area contributed by atoms with Crippen molar-refractivity contribution in [1.82, 2.24) is 0 Å². The molecule has 0 amide bonds. The van der Waals surface area contributed by atoms with Gasteiger partial charge in [-0.05, 0) is 58.2 Å². The summed E-state index contributed by atoms with van der Waals surface area (Å²) in [6.07, 6.45) is 5.67. The molecule has 22 heavy (non-hydrogen) atoms. The summed E-state index contributed by atoms with van der Waals surface area (Å²) in [6.45, 7) is 8.41. The SMILES string of the molecule is CC(C)=CCCC(C)=Cc1cc(C)c(COCP(=O)(O)F)s1. The first-order valence-electron chi connectivity index (χ1n) is 7.16. The first-order chi connectivity index (χ1) is 10.2. The second kappa shape index (κ2) is 8.78. The van der Waals surface area contributed by atoms with E-state index < -0.39 is 14.0 Å². The van der Waals surface area contributed by atoms with Crippen molar-refractivity contribution in [2.45, 2.75) is 47.1 Å². The van der Waals surface area contributed by atoms with E-state index in [1.807, 2.05) is 6.92 Å². The Morgan fingerprint density at radius 2 is 2.14 bits per heavy atom. The highest BCUT2D eigenvalue weighted by Crippen LogP contribution is 2.42. The molecule has 1 unspecified atom stereocenters. The van der Waals surface area contributed by atoms with Crippen LogP contribution in [0.4, 0.5) is 4.20 Å². The average molecular weight is 346 g/mol. The van der Waals surface area contributed by atoms with Gasteiger partial charge in [-0.1, -0.05) is 17.2 Å². The van der Waals surface area contributed by atoms with Crippen molar-refractivity contribution in [3.05, 3.63) is 38.6 Å². The van der Waals surface area contributed by atoms with Gasteiger partial charge in [0.05, 0.1) is 6.61 Å². The smallest absolute Gasteiger partial charge is 0.363 e. The van der Waals surface area contributed by atoms with Gasteiger partial charge in [0.2, 0.25) is 0 Å². The summed E-state index contributed by atoms with van der Waals surface area (Å²) in [5.41, 5.74) is 3.68. The molecule has 1 aromatic rings. The van der Waals surface area contributed by atoms with Crippen LogP contribution in [0.25, 0.3) is 6.08 Å². The molecule has 124 valence electrons. The molecule has 0 bridgehead atoms. The van der Waals surface area contributed by atoms with Gasteiger partial charge in [-0.15, -0.1) is 11.3 Å². The van der Waals surface area contributed by atoms with E-state index in [9.17, 15) is 8.76 Å². The zero-order chi connectivity index (χ0) is 16.8. The number of rotatable bonds is 8. The van der Waals surface area contributed by atoms with Crippen LogP contribution in [-0.2, 0) is 15.9 Å². The highest BCUT2D eigenvalue weighted by Gasteiger charge is 2.16. The lowest BCUT2D eigenvalue weighted by molar-refractivity contribution is 0.152. The number of halogens is 1. The number of thiophene rings is 1. The van der Waals surface area contributed by atoms with Crippen LogP contribution in [0.5, 0.6) is 0 Å². The monoisotopic (exact) mass is 346 g/mol. The van der Waals surface area contributed by atoms with Crippen LogP contribution in [0.2, 0.25) is 0 Å². The number of hydrogen-bond donors (Lipinski definition) is 1. The summed E-state index contributed by atoms with van der Waals surface area (Å²) >= 11 is 1.57. The fourth-order valence-corrected chi connectivity index (χ4v) is 3.37. The van der Waals surface area contributed by atoms with Crippen LogP contribution in [0.3, 0.4) is 0 Å². The van der Waals surface area contributed by atoms with Gasteiger partial charge in [-0.25, -0.2) is 0 Å². The lowest BCUT2D eigenvalue weighted by Gasteiger charge is -2.03. The van der Waals surface area contributed by atoms with Crippen molar-refractivity contribution in [2.24, 2.45) is 0 Å². The Morgan fingerprint density at radius 1 is 1.45 bits per heavy atom. The van der Waals surface area contributed by atoms with E-state index in [4.69, 9.17) is 9.63 Å². The molecule has 0 fully saturated rings. The standard InChI is InChI=1S/C16H24FO3PS/c1-12(2)6-5-7-13(3)8-15-9-14(4)16(22-15)10-20-11-21(17,18)19/h6,8-9H,5,7,10-11H2,1-4H3,(H,18,19). The van der Waals surface area contributed by atoms with Crippen molar-refractivity contribution >= 4 is 25.1 Å². The van der Waals surface area contributed by atoms with Crippen molar-refractivity contribution in [3.8, 4) is 0 Å². The van der Waals surface area contributed by atoms with Gasteiger partial charge in [0, 0.05) is 9.75 Å². The summed E-state index contributed by atoms with van der Waals surface area (Å²) in [7, 11) is -4.59. The molecule has 0 radical (unpaired) electrons. The summed E-state index contributed by atoms with van der Waals surface area (Å²) in [5, 5.41) is 0. The van der Waals surface area contributed by atoms with Gasteiger partial charge in [0.25, 0.3) is 0 Å². The quantitative estimate of drug-likeness (QED) is 0.475. The minimum atomic E-state index is -4.59. The summed E-state index contributed by atoms with van der Waals surface area (Å²) in [5.74, 6) is 0. The highest BCUT2D eigenvalue weighted by molar-refractivity contribution is 7.52. The number of hydrogen-bond acceptors (Lipinski definition) is 3. The molecule has 0 spiro atoms. The highest BCUT2D eigenvalue weighted by atomic mass is 32.1. The van der Waals surface area contributed by atoms with E-state index in [1.54, 1.807) is 11.3 Å². The molecule has 0 aliphatic rings. The van der Waals surface area contributed by atoms with Crippen molar-refractivity contribution in [3.63, 3.8) is 0 Å². The zero-order valence-corrected chi connectivity index (χ0v) is 15.3. The van der Waals surface area contributed by atoms with Crippen LogP contribution in [0, 0.1) is 6.92 Å². The first-order valence-corrected chi connectivity index (χ1v) is 9.71. The number of ether oxygens (including phenoxy) is 1. The fourth-order valence-electron chi connectivity index (χ4n) is 1.91. The van der Waals surface area contributed by atoms with Crippen LogP contribution in [0.15, 0.2) is 23.3 Å². The van der Waals surface area contributed by atoms with Crippen LogP contribution in [-0.4, -0.2) is 11.2 Å². The molecule has 0 aliphatic heterocycles. The van der Waals surface area contributed by atoms with Gasteiger partial charge in [0.15, 0.2) is 6.35 Å². The van der Waals surface area contributed by atoms with Gasteiger partial charge < -0.3 is 9.63 Å². The van der Waals surface area contributed by atoms with Crippen molar-refractivity contribution < 1.29 is 18.4 Å². The summed E-state index contributed by atoms with van der Waals surface area (Å²) < 4.78 is 28.0. The third-order valence-electron chi connectivity index (χ3n) is 3.00. The molecular formula is C16H24FO3PS. The third-order valence-corrected chi connectivity index (χ3v) is 4.66. The maximum Gasteiger partial charge on any atom is 0.389 e. The van der Waals surface area contributed by atoms with E-state index in [0.717, 1.165) is 28.2 Å². The Kier molecular flexibility index (Phi) is 7.70. The zero-order valence-electron chi connectivity index (χ0n) is 13.6. The van der Waals surface area contributed by atoms with Crippen LogP contribution in [0.1, 0.15) is 48.9 Å². The summed E-state index contributed by atoms with van der Waals surface area (Å²) in [4.78, 5) is 10.6. The molecule has 0 aromatic carbocycles. The first kappa shape index (κ1) is 19.3. The van der Waals surface area contributed by atoms with E-state index >= 15 is 0 Å². The van der Waals surface area contributed by atoms with E-state index in [1.165, 1.54) is 11.1 Å². The molecule has 1 atom stereocenters. The largest absolute Gasteiger partial charge is 0.389 e. The molecule has 0 saturated heterocycles. The summed E-state index contributed by atoms with van der Waals surface area (Å²) in [6, 6.07) is 2.06. The average Bonchev–Trinajstić information content (AvgIpc) is 2.67. The molecule has 1 aromatic heterocycles. The second-order valence-corrected chi connectivity index (χ2v) is 8.32. The third kappa shape index (κ3) is 8.04. The maximum atomic E-state index is 12.5. The van der Waals surface area contributed by atoms with E-state index in [-0.39, 0.29) is 6.61 Å². The Balaban J connectivity index is 2.60. The van der Waals surface area contributed by atoms with Crippen molar-refractivity contribution in [1.29, 1.82) is 0 Å². The van der Waals surface area contributed by atoms with Gasteiger partial charge in [0.1, 0.15) is 0 Å². The second-order valence-electron chi connectivity index (χ2n) is 5.66. The van der Waals surface area contributed by atoms with Gasteiger partial charge in [-0.3, -0.25) is 4.57 Å². The van der Waals surface area contributed by atoms with E-state index in [2.05, 4.69) is 39.0 Å². The molecule has 1 heterocycles. The molecule has 3 nitrogen and oxygen atoms in total. The topological polar surface area (TPSA) is 46.5 Å². The van der Waals surface area contributed by atoms with Crippen LogP contribution < -0.4 is 0 Å². The lowest BCUT2D eigenvalue weighted by Crippen LogP contribution is -1.93. The fraction of sp³-hybridized carbons (Fsp3) is 0.500. The minimum absolute atomic E-state index is 0.162. The molecule has 0 saturated carbocycles. The maximum absolute atomic E-state index is 12.5. The predicted molar refractivity (Wildman–Crippen MR) is 92.0 cm³/mol. The molecule has 0 aliphatic carbocycles. The Morgan fingerprint density at radius 3 is 2.73 bits per heavy atom. The van der Waals surface area contributed by atoms with E-state index in [0.29, 0.717) is 0 Å². The van der Waals surface area contributed by atoms with Gasteiger partial charge in [-0.2, -0.15) is 4.20 Å².